The summed E-state index contributed by atoms with van der Waals surface area (Å²) in [6.45, 7) is 4.00. The molecule has 1 aliphatic carbocycles. The molecule has 0 radical (unpaired) electrons. The Hall–Kier alpha value is -0.530. The lowest BCUT2D eigenvalue weighted by Crippen LogP contribution is -2.20. The number of hydrogen-bond acceptors (Lipinski definition) is 1. The maximum Gasteiger partial charge on any atom is 0.220 e. The van der Waals surface area contributed by atoms with Crippen LogP contribution < -0.4 is 5.32 Å². The van der Waals surface area contributed by atoms with E-state index in [2.05, 4.69) is 5.32 Å². The van der Waals surface area contributed by atoms with Gasteiger partial charge in [-0.3, -0.25) is 4.79 Å². The summed E-state index contributed by atoms with van der Waals surface area (Å²) in [5.74, 6) is 0.881. The molecule has 0 aromatic rings. The molecule has 0 aliphatic heterocycles. The Balaban J connectivity index is 0.000000561. The molecule has 1 rings (SSSR count). The van der Waals surface area contributed by atoms with Crippen molar-refractivity contribution < 1.29 is 4.79 Å². The second-order valence-electron chi connectivity index (χ2n) is 3.03. The van der Waals surface area contributed by atoms with Gasteiger partial charge in [0, 0.05) is 13.5 Å². The van der Waals surface area contributed by atoms with Crippen LogP contribution in [0.3, 0.4) is 0 Å². The van der Waals surface area contributed by atoms with Crippen LogP contribution in [0.2, 0.25) is 0 Å². The minimum atomic E-state index is 0.201. The van der Waals surface area contributed by atoms with Crippen molar-refractivity contribution in [1.29, 1.82) is 0 Å². The summed E-state index contributed by atoms with van der Waals surface area (Å²) in [6.07, 6.45) is 5.90. The highest BCUT2D eigenvalue weighted by Crippen LogP contribution is 2.27. The molecule has 1 saturated carbocycles. The van der Waals surface area contributed by atoms with Crippen LogP contribution in [0.15, 0.2) is 0 Å². The molecule has 72 valence electrons. The number of amides is 1. The average molecular weight is 171 g/mol. The van der Waals surface area contributed by atoms with Crippen LogP contribution >= 0.6 is 0 Å². The Bertz CT molecular complexity index is 117. The Labute approximate surface area is 75.7 Å². The zero-order valence-electron chi connectivity index (χ0n) is 8.52. The van der Waals surface area contributed by atoms with Gasteiger partial charge >= 0.3 is 0 Å². The summed E-state index contributed by atoms with van der Waals surface area (Å²) in [5, 5.41) is 2.65. The highest BCUT2D eigenvalue weighted by Gasteiger charge is 2.17. The minimum Gasteiger partial charge on any atom is -0.359 e. The van der Waals surface area contributed by atoms with Crippen LogP contribution in [0, 0.1) is 5.92 Å². The van der Waals surface area contributed by atoms with Crippen molar-refractivity contribution in [3.05, 3.63) is 0 Å². The highest BCUT2D eigenvalue weighted by molar-refractivity contribution is 5.75. The van der Waals surface area contributed by atoms with Crippen molar-refractivity contribution in [1.82, 2.24) is 5.32 Å². The van der Waals surface area contributed by atoms with E-state index in [1.165, 1.54) is 25.7 Å². The Kier molecular flexibility index (Phi) is 6.82. The Morgan fingerprint density at radius 2 is 1.83 bits per heavy atom. The Morgan fingerprint density at radius 1 is 1.33 bits per heavy atom. The third-order valence-electron chi connectivity index (χ3n) is 2.23. The fourth-order valence-corrected chi connectivity index (χ4v) is 1.58. The monoisotopic (exact) mass is 171 g/mol. The molecule has 2 nitrogen and oxygen atoms in total. The van der Waals surface area contributed by atoms with Crippen LogP contribution in [0.5, 0.6) is 0 Å². The van der Waals surface area contributed by atoms with Crippen molar-refractivity contribution in [3.8, 4) is 0 Å². The molecular weight excluding hydrogens is 150 g/mol. The van der Waals surface area contributed by atoms with Gasteiger partial charge in [-0.2, -0.15) is 0 Å². The van der Waals surface area contributed by atoms with Gasteiger partial charge in [0.1, 0.15) is 0 Å². The van der Waals surface area contributed by atoms with E-state index in [4.69, 9.17) is 0 Å². The first-order chi connectivity index (χ1) is 5.83. The minimum absolute atomic E-state index is 0.201. The molecule has 1 N–H and O–H groups in total. The number of rotatable bonds is 2. The Morgan fingerprint density at radius 3 is 2.25 bits per heavy atom. The average Bonchev–Trinajstić information content (AvgIpc) is 2.60. The van der Waals surface area contributed by atoms with Gasteiger partial charge in [-0.1, -0.05) is 26.7 Å². The van der Waals surface area contributed by atoms with Gasteiger partial charge in [0.15, 0.2) is 0 Å². The van der Waals surface area contributed by atoms with Crippen LogP contribution in [0.4, 0.5) is 0 Å². The standard InChI is InChI=1S/C8H15NO.C2H6/c1-9-8(10)6-7-4-2-3-5-7;1-2/h7H,2-6H2,1H3,(H,9,10);1-2H3. The van der Waals surface area contributed by atoms with Crippen molar-refractivity contribution in [2.75, 3.05) is 7.05 Å². The first-order valence-corrected chi connectivity index (χ1v) is 5.03. The SMILES string of the molecule is CC.CNC(=O)CC1CCCC1. The van der Waals surface area contributed by atoms with E-state index in [0.717, 1.165) is 6.42 Å². The van der Waals surface area contributed by atoms with E-state index >= 15 is 0 Å². The lowest BCUT2D eigenvalue weighted by atomic mass is 10.0. The molecule has 12 heavy (non-hydrogen) atoms. The molecule has 1 fully saturated rings. The van der Waals surface area contributed by atoms with E-state index in [9.17, 15) is 4.79 Å². The zero-order valence-corrected chi connectivity index (χ0v) is 8.52. The predicted molar refractivity (Wildman–Crippen MR) is 52.0 cm³/mol. The van der Waals surface area contributed by atoms with Gasteiger partial charge in [0.05, 0.1) is 0 Å². The zero-order chi connectivity index (χ0) is 9.40. The van der Waals surface area contributed by atoms with Gasteiger partial charge in [-0.05, 0) is 18.8 Å². The molecule has 0 spiro atoms. The molecule has 0 atom stereocenters. The molecule has 0 saturated heterocycles. The van der Waals surface area contributed by atoms with Gasteiger partial charge in [-0.15, -0.1) is 0 Å². The second-order valence-corrected chi connectivity index (χ2v) is 3.03. The summed E-state index contributed by atoms with van der Waals surface area (Å²) in [5.41, 5.74) is 0. The van der Waals surface area contributed by atoms with Crippen LogP contribution in [0.1, 0.15) is 46.0 Å². The number of carbonyl (C=O) groups excluding carboxylic acids is 1. The number of carbonyl (C=O) groups is 1. The van der Waals surface area contributed by atoms with Gasteiger partial charge in [0.2, 0.25) is 5.91 Å². The second kappa shape index (κ2) is 7.14. The van der Waals surface area contributed by atoms with Gasteiger partial charge in [-0.25, -0.2) is 0 Å². The van der Waals surface area contributed by atoms with Gasteiger partial charge < -0.3 is 5.32 Å². The smallest absolute Gasteiger partial charge is 0.220 e. The number of hydrogen-bond donors (Lipinski definition) is 1. The summed E-state index contributed by atoms with van der Waals surface area (Å²) >= 11 is 0. The van der Waals surface area contributed by atoms with Crippen LogP contribution in [-0.4, -0.2) is 13.0 Å². The third-order valence-corrected chi connectivity index (χ3v) is 2.23. The molecule has 1 amide bonds. The summed E-state index contributed by atoms with van der Waals surface area (Å²) in [7, 11) is 1.71. The molecule has 0 unspecified atom stereocenters. The molecule has 0 aromatic carbocycles. The van der Waals surface area contributed by atoms with E-state index in [1.807, 2.05) is 13.8 Å². The van der Waals surface area contributed by atoms with Crippen molar-refractivity contribution in [2.45, 2.75) is 46.0 Å². The molecule has 2 heteroatoms. The molecule has 0 heterocycles. The maximum absolute atomic E-state index is 10.9. The molecule has 0 bridgehead atoms. The van der Waals surface area contributed by atoms with E-state index in [0.29, 0.717) is 5.92 Å². The summed E-state index contributed by atoms with van der Waals surface area (Å²) in [4.78, 5) is 10.9. The predicted octanol–water partition coefficient (Wildman–Crippen LogP) is 2.34. The van der Waals surface area contributed by atoms with E-state index < -0.39 is 0 Å². The quantitative estimate of drug-likeness (QED) is 0.679. The normalized spacial score (nSPS) is 16.6. The van der Waals surface area contributed by atoms with Crippen molar-refractivity contribution in [2.24, 2.45) is 5.92 Å². The topological polar surface area (TPSA) is 29.1 Å². The highest BCUT2D eigenvalue weighted by atomic mass is 16.1. The first kappa shape index (κ1) is 11.5. The fraction of sp³-hybridized carbons (Fsp3) is 0.900. The van der Waals surface area contributed by atoms with Crippen LogP contribution in [-0.2, 0) is 4.79 Å². The largest absolute Gasteiger partial charge is 0.359 e. The van der Waals surface area contributed by atoms with E-state index in [1.54, 1.807) is 7.05 Å². The third kappa shape index (κ3) is 4.37. The van der Waals surface area contributed by atoms with Gasteiger partial charge in [0.25, 0.3) is 0 Å². The van der Waals surface area contributed by atoms with Crippen molar-refractivity contribution in [3.63, 3.8) is 0 Å². The lowest BCUT2D eigenvalue weighted by Gasteiger charge is -2.05. The molecule has 0 aromatic heterocycles. The number of nitrogens with one attached hydrogen (secondary N) is 1. The van der Waals surface area contributed by atoms with E-state index in [-0.39, 0.29) is 5.91 Å². The fourth-order valence-electron chi connectivity index (χ4n) is 1.58. The lowest BCUT2D eigenvalue weighted by molar-refractivity contribution is -0.121. The molecule has 1 aliphatic rings. The maximum atomic E-state index is 10.9. The van der Waals surface area contributed by atoms with Crippen LogP contribution in [0.25, 0.3) is 0 Å². The summed E-state index contributed by atoms with van der Waals surface area (Å²) in [6, 6.07) is 0. The first-order valence-electron chi connectivity index (χ1n) is 5.03. The molecular formula is C10H21NO. The summed E-state index contributed by atoms with van der Waals surface area (Å²) < 4.78 is 0. The van der Waals surface area contributed by atoms with Crippen molar-refractivity contribution >= 4 is 5.91 Å².